The fourth-order valence-corrected chi connectivity index (χ4v) is 3.10. The average Bonchev–Trinajstić information content (AvgIpc) is 3.00. The third-order valence-electron chi connectivity index (χ3n) is 4.36. The van der Waals surface area contributed by atoms with Crippen LogP contribution < -0.4 is 10.6 Å². The summed E-state index contributed by atoms with van der Waals surface area (Å²) in [7, 11) is 0. The van der Waals surface area contributed by atoms with Crippen LogP contribution in [-0.4, -0.2) is 22.2 Å². The topological polar surface area (TPSA) is 59.0 Å². The van der Waals surface area contributed by atoms with Crippen molar-refractivity contribution >= 4 is 23.3 Å². The number of hydrogen-bond acceptors (Lipinski definition) is 3. The number of benzene rings is 2. The largest absolute Gasteiger partial charge is 0.309 e. The lowest BCUT2D eigenvalue weighted by Crippen LogP contribution is -2.30. The minimum atomic E-state index is -0.126. The van der Waals surface area contributed by atoms with Crippen molar-refractivity contribution in [1.29, 1.82) is 0 Å². The molecule has 1 atom stereocenters. The summed E-state index contributed by atoms with van der Waals surface area (Å²) in [4.78, 5) is 12.5. The first-order chi connectivity index (χ1) is 12.9. The number of nitrogens with one attached hydrogen (secondary N) is 2. The standard InChI is InChI=1S/C21H23ClN4O/c1-14-7-4-5-10-19(14)26-20(11-15(2)25-26)24-21(27)13-23-16(3)17-8-6-9-18(22)12-17/h4-12,16,23H,13H2,1-3H3,(H,24,27)/t16-/m1/s1. The highest BCUT2D eigenvalue weighted by molar-refractivity contribution is 6.30. The Morgan fingerprint density at radius 1 is 1.15 bits per heavy atom. The molecule has 5 nitrogen and oxygen atoms in total. The number of nitrogens with zero attached hydrogens (tertiary/aromatic N) is 2. The zero-order valence-electron chi connectivity index (χ0n) is 15.7. The summed E-state index contributed by atoms with van der Waals surface area (Å²) in [5.41, 5.74) is 3.91. The van der Waals surface area contributed by atoms with Crippen LogP contribution in [0.2, 0.25) is 5.02 Å². The van der Waals surface area contributed by atoms with Gasteiger partial charge in [0.15, 0.2) is 0 Å². The second kappa shape index (κ2) is 8.37. The van der Waals surface area contributed by atoms with Gasteiger partial charge < -0.3 is 10.6 Å². The molecule has 3 rings (SSSR count). The molecule has 140 valence electrons. The number of carbonyl (C=O) groups is 1. The van der Waals surface area contributed by atoms with Crippen molar-refractivity contribution in [2.45, 2.75) is 26.8 Å². The van der Waals surface area contributed by atoms with Gasteiger partial charge in [-0.15, -0.1) is 0 Å². The van der Waals surface area contributed by atoms with Gasteiger partial charge >= 0.3 is 0 Å². The molecule has 0 saturated heterocycles. The highest BCUT2D eigenvalue weighted by Crippen LogP contribution is 2.20. The highest BCUT2D eigenvalue weighted by Gasteiger charge is 2.13. The molecule has 0 bridgehead atoms. The molecule has 0 radical (unpaired) electrons. The van der Waals surface area contributed by atoms with Crippen molar-refractivity contribution in [2.24, 2.45) is 0 Å². The fourth-order valence-electron chi connectivity index (χ4n) is 2.90. The maximum atomic E-state index is 12.5. The molecule has 0 unspecified atom stereocenters. The second-order valence-corrected chi connectivity index (χ2v) is 7.01. The summed E-state index contributed by atoms with van der Waals surface area (Å²) in [5.74, 6) is 0.530. The van der Waals surface area contributed by atoms with E-state index in [0.29, 0.717) is 10.8 Å². The second-order valence-electron chi connectivity index (χ2n) is 6.58. The summed E-state index contributed by atoms with van der Waals surface area (Å²) in [6.45, 7) is 6.11. The summed E-state index contributed by atoms with van der Waals surface area (Å²) in [6.07, 6.45) is 0. The van der Waals surface area contributed by atoms with Gasteiger partial charge in [-0.05, 0) is 50.1 Å². The molecule has 27 heavy (non-hydrogen) atoms. The number of halogens is 1. The zero-order valence-corrected chi connectivity index (χ0v) is 16.4. The number of carbonyl (C=O) groups excluding carboxylic acids is 1. The van der Waals surface area contributed by atoms with E-state index >= 15 is 0 Å². The SMILES string of the molecule is Cc1cc(NC(=O)CN[C@H](C)c2cccc(Cl)c2)n(-c2ccccc2C)n1. The van der Waals surface area contributed by atoms with E-state index in [1.807, 2.05) is 75.4 Å². The Bertz CT molecular complexity index is 951. The molecule has 1 amide bonds. The molecule has 2 N–H and O–H groups in total. The van der Waals surface area contributed by atoms with Crippen LogP contribution in [0.15, 0.2) is 54.6 Å². The minimum Gasteiger partial charge on any atom is -0.309 e. The zero-order chi connectivity index (χ0) is 19.4. The molecular formula is C21H23ClN4O. The van der Waals surface area contributed by atoms with Crippen LogP contribution in [0.1, 0.15) is 29.8 Å². The van der Waals surface area contributed by atoms with Crippen LogP contribution in [0.4, 0.5) is 5.82 Å². The van der Waals surface area contributed by atoms with Gasteiger partial charge in [-0.2, -0.15) is 5.10 Å². The summed E-state index contributed by atoms with van der Waals surface area (Å²) < 4.78 is 1.77. The van der Waals surface area contributed by atoms with Gasteiger partial charge in [0, 0.05) is 17.1 Å². The van der Waals surface area contributed by atoms with E-state index in [1.165, 1.54) is 0 Å². The Morgan fingerprint density at radius 2 is 1.93 bits per heavy atom. The van der Waals surface area contributed by atoms with Crippen molar-refractivity contribution in [3.63, 3.8) is 0 Å². The average molecular weight is 383 g/mol. The van der Waals surface area contributed by atoms with Crippen molar-refractivity contribution in [1.82, 2.24) is 15.1 Å². The monoisotopic (exact) mass is 382 g/mol. The molecule has 3 aromatic rings. The number of rotatable bonds is 6. The maximum Gasteiger partial charge on any atom is 0.239 e. The number of para-hydroxylation sites is 1. The van der Waals surface area contributed by atoms with Gasteiger partial charge in [0.05, 0.1) is 17.9 Å². The predicted octanol–water partition coefficient (Wildman–Crippen LogP) is 4.43. The van der Waals surface area contributed by atoms with E-state index in [-0.39, 0.29) is 18.5 Å². The van der Waals surface area contributed by atoms with E-state index in [4.69, 9.17) is 11.6 Å². The van der Waals surface area contributed by atoms with E-state index in [2.05, 4.69) is 15.7 Å². The van der Waals surface area contributed by atoms with Crippen LogP contribution in [0.5, 0.6) is 0 Å². The Hall–Kier alpha value is -2.63. The first-order valence-electron chi connectivity index (χ1n) is 8.85. The lowest BCUT2D eigenvalue weighted by atomic mass is 10.1. The quantitative estimate of drug-likeness (QED) is 0.663. The minimum absolute atomic E-state index is 0.0115. The van der Waals surface area contributed by atoms with Gasteiger partial charge in [0.25, 0.3) is 0 Å². The van der Waals surface area contributed by atoms with E-state index in [9.17, 15) is 4.79 Å². The highest BCUT2D eigenvalue weighted by atomic mass is 35.5. The molecule has 0 spiro atoms. The number of anilines is 1. The van der Waals surface area contributed by atoms with E-state index in [1.54, 1.807) is 4.68 Å². The molecule has 1 aromatic heterocycles. The number of aryl methyl sites for hydroxylation is 2. The Kier molecular flexibility index (Phi) is 5.94. The van der Waals surface area contributed by atoms with Gasteiger partial charge in [-0.25, -0.2) is 4.68 Å². The summed E-state index contributed by atoms with van der Waals surface area (Å²) >= 11 is 6.03. The molecule has 6 heteroatoms. The lowest BCUT2D eigenvalue weighted by molar-refractivity contribution is -0.115. The summed E-state index contributed by atoms with van der Waals surface area (Å²) in [5, 5.41) is 11.4. The van der Waals surface area contributed by atoms with Crippen molar-refractivity contribution in [3.05, 3.63) is 76.4 Å². The van der Waals surface area contributed by atoms with E-state index < -0.39 is 0 Å². The molecular weight excluding hydrogens is 360 g/mol. The first-order valence-corrected chi connectivity index (χ1v) is 9.23. The third-order valence-corrected chi connectivity index (χ3v) is 4.60. The Morgan fingerprint density at radius 3 is 2.67 bits per heavy atom. The maximum absolute atomic E-state index is 12.5. The number of hydrogen-bond donors (Lipinski definition) is 2. The number of aromatic nitrogens is 2. The Labute approximate surface area is 164 Å². The molecule has 0 saturated carbocycles. The van der Waals surface area contributed by atoms with Crippen molar-refractivity contribution in [2.75, 3.05) is 11.9 Å². The van der Waals surface area contributed by atoms with Crippen LogP contribution in [0.3, 0.4) is 0 Å². The van der Waals surface area contributed by atoms with Crippen molar-refractivity contribution < 1.29 is 4.79 Å². The van der Waals surface area contributed by atoms with Gasteiger partial charge in [0.2, 0.25) is 5.91 Å². The number of amides is 1. The van der Waals surface area contributed by atoms with Crippen LogP contribution in [0, 0.1) is 13.8 Å². The van der Waals surface area contributed by atoms with Gasteiger partial charge in [-0.3, -0.25) is 4.79 Å². The summed E-state index contributed by atoms with van der Waals surface area (Å²) in [6, 6.07) is 17.4. The van der Waals surface area contributed by atoms with Gasteiger partial charge in [-0.1, -0.05) is 41.9 Å². The molecule has 0 aliphatic rings. The third kappa shape index (κ3) is 4.76. The smallest absolute Gasteiger partial charge is 0.239 e. The lowest BCUT2D eigenvalue weighted by Gasteiger charge is -2.15. The predicted molar refractivity (Wildman–Crippen MR) is 110 cm³/mol. The van der Waals surface area contributed by atoms with Crippen LogP contribution in [-0.2, 0) is 4.79 Å². The fraction of sp³-hybridized carbons (Fsp3) is 0.238. The van der Waals surface area contributed by atoms with E-state index in [0.717, 1.165) is 22.5 Å². The Balaban J connectivity index is 1.67. The van der Waals surface area contributed by atoms with Gasteiger partial charge in [0.1, 0.15) is 5.82 Å². The molecule has 2 aromatic carbocycles. The molecule has 0 fully saturated rings. The first kappa shape index (κ1) is 19.1. The van der Waals surface area contributed by atoms with Crippen molar-refractivity contribution in [3.8, 4) is 5.69 Å². The molecule has 1 heterocycles. The van der Waals surface area contributed by atoms with Crippen LogP contribution in [0.25, 0.3) is 5.69 Å². The van der Waals surface area contributed by atoms with Crippen LogP contribution >= 0.6 is 11.6 Å². The molecule has 0 aliphatic heterocycles. The molecule has 0 aliphatic carbocycles. The normalized spacial score (nSPS) is 12.0.